The van der Waals surface area contributed by atoms with E-state index in [2.05, 4.69) is 19.9 Å². The van der Waals surface area contributed by atoms with Crippen molar-refractivity contribution in [2.24, 2.45) is 0 Å². The van der Waals surface area contributed by atoms with Crippen molar-refractivity contribution in [2.45, 2.75) is 38.1 Å². The summed E-state index contributed by atoms with van der Waals surface area (Å²) in [5.41, 5.74) is -0.867. The minimum atomic E-state index is -5.84. The maximum absolute atomic E-state index is 13.5. The standard InChI is InChI=1S/C14H13ClF6N6/c1-6(13(16,17)18)22-11-25-10(8-4-3-5-9(15)24-8)26-12(27-11)23-7(2)14(19,20)21/h3-7H,1-2H3,(H2,22,23,25,26,27)/t6-,7-/m1/s1/i1D3,2D3,3D,4D,5D,6D. The van der Waals surface area contributed by atoms with E-state index in [1.807, 2.05) is 0 Å². The lowest BCUT2D eigenvalue weighted by Gasteiger charge is -2.20. The summed E-state index contributed by atoms with van der Waals surface area (Å²) in [6, 6.07) is -10.6. The average Bonchev–Trinajstić information content (AvgIpc) is 2.69. The molecule has 2 atom stereocenters. The van der Waals surface area contributed by atoms with Gasteiger partial charge in [-0.1, -0.05) is 17.6 Å². The number of halogens is 7. The number of nitrogens with one attached hydrogen (secondary N) is 2. The summed E-state index contributed by atoms with van der Waals surface area (Å²) in [7, 11) is 0. The molecule has 0 fully saturated rings. The monoisotopic (exact) mass is 424 g/mol. The van der Waals surface area contributed by atoms with E-state index in [4.69, 9.17) is 25.3 Å². The van der Waals surface area contributed by atoms with Crippen LogP contribution in [0.15, 0.2) is 18.1 Å². The fraction of sp³-hybridized carbons (Fsp3) is 0.429. The molecule has 27 heavy (non-hydrogen) atoms. The van der Waals surface area contributed by atoms with Crippen LogP contribution in [-0.4, -0.2) is 44.3 Å². The number of rotatable bonds is 5. The van der Waals surface area contributed by atoms with Crippen molar-refractivity contribution in [3.05, 3.63) is 23.3 Å². The van der Waals surface area contributed by atoms with Crippen LogP contribution in [0.25, 0.3) is 11.5 Å². The third kappa shape index (κ3) is 5.81. The lowest BCUT2D eigenvalue weighted by Crippen LogP contribution is -2.35. The summed E-state index contributed by atoms with van der Waals surface area (Å²) in [6.07, 6.45) is -11.3. The number of alkyl halides is 6. The second-order valence-corrected chi connectivity index (χ2v) is 4.91. The summed E-state index contributed by atoms with van der Waals surface area (Å²) in [5, 5.41) is 1.75. The maximum atomic E-state index is 13.5. The van der Waals surface area contributed by atoms with Gasteiger partial charge in [-0.05, 0) is 25.8 Å². The van der Waals surface area contributed by atoms with Crippen molar-refractivity contribution in [1.29, 1.82) is 0 Å². The Hall–Kier alpha value is -2.37. The molecule has 0 spiro atoms. The molecule has 0 saturated heterocycles. The Balaban J connectivity index is 2.83. The van der Waals surface area contributed by atoms with Crippen LogP contribution >= 0.6 is 11.6 Å². The summed E-state index contributed by atoms with van der Waals surface area (Å²) < 4.78 is 154. The molecule has 0 aliphatic heterocycles. The first-order valence-corrected chi connectivity index (χ1v) is 6.86. The highest BCUT2D eigenvalue weighted by molar-refractivity contribution is 6.29. The molecule has 0 aliphatic rings. The van der Waals surface area contributed by atoms with Gasteiger partial charge in [0.2, 0.25) is 11.9 Å². The number of aromatic nitrogens is 4. The third-order valence-corrected chi connectivity index (χ3v) is 2.70. The number of hydrogen-bond acceptors (Lipinski definition) is 6. The van der Waals surface area contributed by atoms with Gasteiger partial charge in [-0.15, -0.1) is 0 Å². The van der Waals surface area contributed by atoms with Crippen molar-refractivity contribution in [2.75, 3.05) is 10.6 Å². The molecule has 0 amide bonds. The predicted octanol–water partition coefficient (Wildman–Crippen LogP) is 4.31. The average molecular weight is 425 g/mol. The Bertz CT molecular complexity index is 1140. The molecule has 0 unspecified atom stereocenters. The predicted molar refractivity (Wildman–Crippen MR) is 86.3 cm³/mol. The van der Waals surface area contributed by atoms with Gasteiger partial charge in [0, 0.05) is 8.22 Å². The van der Waals surface area contributed by atoms with Crippen molar-refractivity contribution in [1.82, 2.24) is 19.9 Å². The maximum Gasteiger partial charge on any atom is 0.408 e. The molecule has 2 aromatic rings. The highest BCUT2D eigenvalue weighted by atomic mass is 35.5. The second-order valence-electron chi connectivity index (χ2n) is 4.55. The molecule has 6 nitrogen and oxygen atoms in total. The molecule has 2 N–H and O–H groups in total. The van der Waals surface area contributed by atoms with Gasteiger partial charge >= 0.3 is 12.4 Å². The Labute approximate surface area is 168 Å². The number of pyridine rings is 1. The van der Waals surface area contributed by atoms with Crippen molar-refractivity contribution in [3.8, 4) is 11.5 Å². The Morgan fingerprint density at radius 1 is 1.00 bits per heavy atom. The summed E-state index contributed by atoms with van der Waals surface area (Å²) in [6.45, 7) is -7.95. The van der Waals surface area contributed by atoms with Crippen molar-refractivity contribution < 1.29 is 40.1 Å². The Morgan fingerprint density at radius 3 is 2.22 bits per heavy atom. The first kappa shape index (κ1) is 10.8. The van der Waals surface area contributed by atoms with Crippen LogP contribution in [0.5, 0.6) is 0 Å². The van der Waals surface area contributed by atoms with Gasteiger partial charge in [-0.3, -0.25) is 0 Å². The molecule has 13 heteroatoms. The van der Waals surface area contributed by atoms with Crippen LogP contribution in [0.1, 0.15) is 27.4 Å². The first-order valence-electron chi connectivity index (χ1n) is 11.5. The van der Waals surface area contributed by atoms with Crippen LogP contribution in [0, 0.1) is 0 Å². The molecule has 148 valence electrons. The third-order valence-electron chi connectivity index (χ3n) is 2.52. The molecule has 0 saturated carbocycles. The molecular weight excluding hydrogens is 402 g/mol. The first-order chi connectivity index (χ1) is 16.4. The highest BCUT2D eigenvalue weighted by Gasteiger charge is 2.38. The Kier molecular flexibility index (Phi) is 3.09. The normalized spacial score (nSPS) is 22.0. The van der Waals surface area contributed by atoms with E-state index in [0.717, 1.165) is 5.32 Å². The molecule has 2 aromatic heterocycles. The van der Waals surface area contributed by atoms with Gasteiger partial charge in [0.15, 0.2) is 5.82 Å². The molecular formula is C14H13ClF6N6. The summed E-state index contributed by atoms with van der Waals surface area (Å²) in [4.78, 5) is 13.4. The molecule has 0 aromatic carbocycles. The van der Waals surface area contributed by atoms with E-state index >= 15 is 0 Å². The zero-order valence-corrected chi connectivity index (χ0v) is 13.3. The minimum absolute atomic E-state index is 0.747. The fourth-order valence-electron chi connectivity index (χ4n) is 1.40. The molecule has 0 radical (unpaired) electrons. The fourth-order valence-corrected chi connectivity index (χ4v) is 1.53. The van der Waals surface area contributed by atoms with Crippen molar-refractivity contribution >= 4 is 23.5 Å². The van der Waals surface area contributed by atoms with Crippen LogP contribution < -0.4 is 10.6 Å². The lowest BCUT2D eigenvalue weighted by atomic mass is 10.3. The van der Waals surface area contributed by atoms with Crippen LogP contribution in [-0.2, 0) is 0 Å². The van der Waals surface area contributed by atoms with E-state index < -0.39 is 84.8 Å². The van der Waals surface area contributed by atoms with Gasteiger partial charge in [0.1, 0.15) is 22.9 Å². The number of hydrogen-bond donors (Lipinski definition) is 2. The highest BCUT2D eigenvalue weighted by Crippen LogP contribution is 2.26. The van der Waals surface area contributed by atoms with E-state index in [9.17, 15) is 26.3 Å². The Morgan fingerprint density at radius 2 is 1.67 bits per heavy atom. The van der Waals surface area contributed by atoms with Crippen molar-refractivity contribution in [3.63, 3.8) is 0 Å². The van der Waals surface area contributed by atoms with Crippen LogP contribution in [0.2, 0.25) is 5.15 Å². The zero-order chi connectivity index (χ0) is 28.9. The summed E-state index contributed by atoms with van der Waals surface area (Å²) in [5.74, 6) is -3.93. The van der Waals surface area contributed by atoms with E-state index in [0.29, 0.717) is 0 Å². The van der Waals surface area contributed by atoms with E-state index in [-0.39, 0.29) is 0 Å². The zero-order valence-electron chi connectivity index (χ0n) is 22.5. The van der Waals surface area contributed by atoms with E-state index in [1.165, 1.54) is 5.32 Å². The number of anilines is 2. The quantitative estimate of drug-likeness (QED) is 0.550. The molecule has 2 rings (SSSR count). The van der Waals surface area contributed by atoms with Gasteiger partial charge in [-0.25, -0.2) is 4.98 Å². The molecule has 0 aliphatic carbocycles. The lowest BCUT2D eigenvalue weighted by molar-refractivity contribution is -0.139. The van der Waals surface area contributed by atoms with Gasteiger partial charge in [0.25, 0.3) is 0 Å². The topological polar surface area (TPSA) is 75.6 Å². The minimum Gasteiger partial charge on any atom is -0.343 e. The van der Waals surface area contributed by atoms with E-state index in [1.54, 1.807) is 0 Å². The van der Waals surface area contributed by atoms with Crippen LogP contribution in [0.4, 0.5) is 38.2 Å². The molecule has 0 bridgehead atoms. The summed E-state index contributed by atoms with van der Waals surface area (Å²) >= 11 is 5.67. The SMILES string of the molecule is [2H]c1c(Cl)nc(-c2nc(N[C@H](C([2H])([2H])[2H])C(F)(F)F)nc(N[C@]([2H])(C([2H])([2H])[2H])C(F)(F)F)n2)c([2H])c1[2H]. The van der Waals surface area contributed by atoms with Gasteiger partial charge < -0.3 is 10.6 Å². The molecule has 2 heterocycles. The largest absolute Gasteiger partial charge is 0.408 e. The second kappa shape index (κ2) is 7.71. The van der Waals surface area contributed by atoms with Gasteiger partial charge in [-0.2, -0.15) is 41.3 Å². The van der Waals surface area contributed by atoms with Crippen LogP contribution in [0.3, 0.4) is 0 Å². The number of nitrogens with zero attached hydrogens (tertiary/aromatic N) is 4. The van der Waals surface area contributed by atoms with Gasteiger partial charge in [0.05, 0.1) is 5.48 Å². The smallest absolute Gasteiger partial charge is 0.343 e.